The molecule has 1 atom stereocenters. The van der Waals surface area contributed by atoms with Crippen LogP contribution in [0.3, 0.4) is 0 Å². The second-order valence-corrected chi connectivity index (χ2v) is 10.8. The maximum absolute atomic E-state index is 13.8. The molecule has 1 amide bonds. The van der Waals surface area contributed by atoms with Gasteiger partial charge in [-0.2, -0.15) is 0 Å². The Balaban J connectivity index is 1.72. The van der Waals surface area contributed by atoms with Crippen LogP contribution in [0.15, 0.2) is 50.1 Å². The maximum atomic E-state index is 13.8. The third-order valence-corrected chi connectivity index (χ3v) is 7.43. The number of halogens is 1. The summed E-state index contributed by atoms with van der Waals surface area (Å²) in [6, 6.07) is 9.81. The van der Waals surface area contributed by atoms with Crippen LogP contribution in [0, 0.1) is 5.92 Å². The third-order valence-electron chi connectivity index (χ3n) is 5.87. The standard InChI is InChI=1S/C26H24BrN3O5S/c1-5-20-28-29-26(36-20)30-22(14-6-8-18(19(10-14)33-4)34-12-13(2)3)21-23(31)16-11-15(27)7-9-17(16)35-24(21)25(30)32/h6-11,13,22H,5,12H2,1-4H3. The minimum absolute atomic E-state index is 0.00664. The van der Waals surface area contributed by atoms with E-state index < -0.39 is 11.9 Å². The van der Waals surface area contributed by atoms with Crippen molar-refractivity contribution in [3.63, 3.8) is 0 Å². The molecule has 8 nitrogen and oxygen atoms in total. The number of rotatable bonds is 7. The molecule has 10 heteroatoms. The first kappa shape index (κ1) is 24.5. The van der Waals surface area contributed by atoms with Crippen LogP contribution in [-0.2, 0) is 6.42 Å². The Kier molecular flexibility index (Phi) is 6.57. The molecule has 2 aromatic carbocycles. The van der Waals surface area contributed by atoms with Gasteiger partial charge >= 0.3 is 0 Å². The number of carbonyl (C=O) groups is 1. The number of anilines is 1. The number of aryl methyl sites for hydroxylation is 1. The second-order valence-electron chi connectivity index (χ2n) is 8.84. The average Bonchev–Trinajstić information content (AvgIpc) is 3.45. The molecule has 1 aliphatic rings. The molecule has 1 aliphatic heterocycles. The highest BCUT2D eigenvalue weighted by atomic mass is 79.9. The Hall–Kier alpha value is -3.24. The van der Waals surface area contributed by atoms with Gasteiger partial charge in [-0.25, -0.2) is 0 Å². The minimum Gasteiger partial charge on any atom is -0.493 e. The second kappa shape index (κ2) is 9.67. The molecule has 0 bridgehead atoms. The zero-order valence-electron chi connectivity index (χ0n) is 20.2. The van der Waals surface area contributed by atoms with Crippen LogP contribution < -0.4 is 19.8 Å². The van der Waals surface area contributed by atoms with Crippen molar-refractivity contribution in [2.75, 3.05) is 18.6 Å². The van der Waals surface area contributed by atoms with Crippen molar-refractivity contribution in [3.05, 3.63) is 73.0 Å². The van der Waals surface area contributed by atoms with Crippen LogP contribution >= 0.6 is 27.3 Å². The fourth-order valence-electron chi connectivity index (χ4n) is 4.17. The Bertz CT molecular complexity index is 1530. The SMILES string of the molecule is CCc1nnc(N2C(=O)c3oc4ccc(Br)cc4c(=O)c3C2c2ccc(OCC(C)C)c(OC)c2)s1. The Morgan fingerprint density at radius 3 is 2.64 bits per heavy atom. The van der Waals surface area contributed by atoms with E-state index in [-0.39, 0.29) is 16.8 Å². The molecule has 2 aromatic heterocycles. The molecule has 36 heavy (non-hydrogen) atoms. The van der Waals surface area contributed by atoms with E-state index in [9.17, 15) is 9.59 Å². The zero-order chi connectivity index (χ0) is 25.6. The van der Waals surface area contributed by atoms with Crippen molar-refractivity contribution in [1.82, 2.24) is 10.2 Å². The first-order valence-corrected chi connectivity index (χ1v) is 13.2. The van der Waals surface area contributed by atoms with Crippen LogP contribution in [-0.4, -0.2) is 29.8 Å². The summed E-state index contributed by atoms with van der Waals surface area (Å²) in [5.41, 5.74) is 1.01. The summed E-state index contributed by atoms with van der Waals surface area (Å²) in [6.45, 7) is 6.63. The van der Waals surface area contributed by atoms with E-state index >= 15 is 0 Å². The van der Waals surface area contributed by atoms with Crippen LogP contribution in [0.2, 0.25) is 0 Å². The summed E-state index contributed by atoms with van der Waals surface area (Å²) in [5.74, 6) is 1.01. The summed E-state index contributed by atoms with van der Waals surface area (Å²) in [6.07, 6.45) is 0.683. The van der Waals surface area contributed by atoms with Gasteiger partial charge in [0.1, 0.15) is 10.6 Å². The molecule has 0 radical (unpaired) electrons. The minimum atomic E-state index is -0.766. The fourth-order valence-corrected chi connectivity index (χ4v) is 5.34. The number of benzene rings is 2. The number of hydrogen-bond acceptors (Lipinski definition) is 8. The molecule has 0 saturated heterocycles. The van der Waals surface area contributed by atoms with Gasteiger partial charge in [-0.15, -0.1) is 10.2 Å². The quantitative estimate of drug-likeness (QED) is 0.279. The van der Waals surface area contributed by atoms with E-state index in [0.717, 1.165) is 9.48 Å². The summed E-state index contributed by atoms with van der Waals surface area (Å²) < 4.78 is 18.3. The van der Waals surface area contributed by atoms with Gasteiger partial charge in [-0.3, -0.25) is 14.5 Å². The molecule has 3 heterocycles. The highest BCUT2D eigenvalue weighted by Gasteiger charge is 2.45. The van der Waals surface area contributed by atoms with Gasteiger partial charge in [-0.1, -0.05) is 54.1 Å². The summed E-state index contributed by atoms with van der Waals surface area (Å²) in [7, 11) is 1.56. The number of ether oxygens (including phenoxy) is 2. The van der Waals surface area contributed by atoms with Crippen LogP contribution in [0.1, 0.15) is 53.5 Å². The Morgan fingerprint density at radius 2 is 1.94 bits per heavy atom. The summed E-state index contributed by atoms with van der Waals surface area (Å²) in [5, 5.41) is 10.0. The summed E-state index contributed by atoms with van der Waals surface area (Å²) >= 11 is 4.74. The van der Waals surface area contributed by atoms with Crippen molar-refractivity contribution in [2.24, 2.45) is 5.92 Å². The Morgan fingerprint density at radius 1 is 1.14 bits per heavy atom. The van der Waals surface area contributed by atoms with E-state index in [1.54, 1.807) is 37.4 Å². The van der Waals surface area contributed by atoms with Crippen molar-refractivity contribution >= 4 is 49.3 Å². The van der Waals surface area contributed by atoms with Gasteiger partial charge in [-0.05, 0) is 48.2 Å². The molecule has 0 fully saturated rings. The predicted molar refractivity (Wildman–Crippen MR) is 141 cm³/mol. The van der Waals surface area contributed by atoms with E-state index in [1.165, 1.54) is 16.2 Å². The highest BCUT2D eigenvalue weighted by molar-refractivity contribution is 9.10. The molecule has 0 spiro atoms. The lowest BCUT2D eigenvalue weighted by Crippen LogP contribution is -2.29. The van der Waals surface area contributed by atoms with Crippen molar-refractivity contribution in [2.45, 2.75) is 33.2 Å². The van der Waals surface area contributed by atoms with E-state index in [4.69, 9.17) is 13.9 Å². The number of fused-ring (bicyclic) bond motifs is 2. The molecule has 5 rings (SSSR count). The highest BCUT2D eigenvalue weighted by Crippen LogP contribution is 2.44. The van der Waals surface area contributed by atoms with Gasteiger partial charge in [0.25, 0.3) is 5.91 Å². The molecule has 1 unspecified atom stereocenters. The van der Waals surface area contributed by atoms with Gasteiger partial charge in [0.15, 0.2) is 16.9 Å². The number of hydrogen-bond donors (Lipinski definition) is 0. The molecule has 186 valence electrons. The first-order chi connectivity index (χ1) is 17.3. The molecule has 0 aliphatic carbocycles. The van der Waals surface area contributed by atoms with Gasteiger partial charge in [0.05, 0.1) is 30.7 Å². The lowest BCUT2D eigenvalue weighted by atomic mass is 9.98. The van der Waals surface area contributed by atoms with Gasteiger partial charge in [0, 0.05) is 4.47 Å². The van der Waals surface area contributed by atoms with Crippen LogP contribution in [0.25, 0.3) is 11.0 Å². The molecule has 0 N–H and O–H groups in total. The smallest absolute Gasteiger partial charge is 0.297 e. The van der Waals surface area contributed by atoms with Crippen LogP contribution in [0.4, 0.5) is 5.13 Å². The zero-order valence-corrected chi connectivity index (χ0v) is 22.6. The molecule has 4 aromatic rings. The number of aromatic nitrogens is 2. The number of carbonyl (C=O) groups excluding carboxylic acids is 1. The van der Waals surface area contributed by atoms with Gasteiger partial charge in [0.2, 0.25) is 10.9 Å². The predicted octanol–water partition coefficient (Wildman–Crippen LogP) is 5.76. The van der Waals surface area contributed by atoms with Crippen molar-refractivity contribution in [1.29, 1.82) is 0 Å². The molecular formula is C26H24BrN3O5S. The van der Waals surface area contributed by atoms with E-state index in [1.807, 2.05) is 13.0 Å². The first-order valence-electron chi connectivity index (χ1n) is 11.5. The Labute approximate surface area is 220 Å². The largest absolute Gasteiger partial charge is 0.493 e. The molecular weight excluding hydrogens is 546 g/mol. The van der Waals surface area contributed by atoms with E-state index in [0.29, 0.717) is 52.1 Å². The van der Waals surface area contributed by atoms with E-state index in [2.05, 4.69) is 40.0 Å². The third kappa shape index (κ3) is 4.18. The fraction of sp³-hybridized carbons (Fsp3) is 0.308. The number of methoxy groups -OCH3 is 1. The number of amides is 1. The maximum Gasteiger partial charge on any atom is 0.297 e. The molecule has 0 saturated carbocycles. The lowest BCUT2D eigenvalue weighted by Gasteiger charge is -2.23. The van der Waals surface area contributed by atoms with Crippen molar-refractivity contribution in [3.8, 4) is 11.5 Å². The normalized spacial score (nSPS) is 15.1. The van der Waals surface area contributed by atoms with Gasteiger partial charge < -0.3 is 13.9 Å². The lowest BCUT2D eigenvalue weighted by molar-refractivity contribution is 0.0970. The topological polar surface area (TPSA) is 94.8 Å². The van der Waals surface area contributed by atoms with Crippen LogP contribution in [0.5, 0.6) is 11.5 Å². The monoisotopic (exact) mass is 569 g/mol. The number of nitrogens with zero attached hydrogens (tertiary/aromatic N) is 3. The summed E-state index contributed by atoms with van der Waals surface area (Å²) in [4.78, 5) is 29.0. The van der Waals surface area contributed by atoms with Crippen molar-refractivity contribution < 1.29 is 18.7 Å². The average molecular weight is 570 g/mol.